The van der Waals surface area contributed by atoms with Crippen LogP contribution in [0.1, 0.15) is 10.5 Å². The maximum absolute atomic E-state index is 13.9. The molecule has 2 N–H and O–H groups in total. The first-order valence-corrected chi connectivity index (χ1v) is 9.35. The maximum Gasteiger partial charge on any atom is 0.473 e. The molecule has 0 unspecified atom stereocenters. The quantitative estimate of drug-likeness (QED) is 0.398. The molecule has 2 rings (SSSR count). The second-order valence-corrected chi connectivity index (χ2v) is 7.86. The molecule has 0 aliphatic heterocycles. The molecule has 0 saturated heterocycles. The number of amides is 1. The number of nitrogens with zero attached hydrogens (tertiary/aromatic N) is 2. The summed E-state index contributed by atoms with van der Waals surface area (Å²) in [5, 5.41) is 1.73. The number of alkyl halides is 3. The summed E-state index contributed by atoms with van der Waals surface area (Å²) in [5.41, 5.74) is -0.362. The van der Waals surface area contributed by atoms with E-state index in [0.29, 0.717) is 7.05 Å². The van der Waals surface area contributed by atoms with Crippen molar-refractivity contribution in [1.82, 2.24) is 14.4 Å². The number of anilines is 1. The van der Waals surface area contributed by atoms with Gasteiger partial charge in [0.05, 0.1) is 10.2 Å². The third-order valence-electron chi connectivity index (χ3n) is 3.36. The normalized spacial score (nSPS) is 12.4. The number of hydrazine groups is 1. The van der Waals surface area contributed by atoms with E-state index in [1.807, 2.05) is 0 Å². The van der Waals surface area contributed by atoms with Gasteiger partial charge in [-0.2, -0.15) is 13.2 Å². The Balaban J connectivity index is 2.27. The second-order valence-electron chi connectivity index (χ2n) is 5.35. The van der Waals surface area contributed by atoms with Gasteiger partial charge in [-0.05, 0) is 34.1 Å². The van der Waals surface area contributed by atoms with E-state index in [2.05, 4.69) is 21.2 Å². The topological polar surface area (TPSA) is 83.4 Å². The summed E-state index contributed by atoms with van der Waals surface area (Å²) in [6.07, 6.45) is -3.97. The van der Waals surface area contributed by atoms with Gasteiger partial charge in [0.25, 0.3) is 15.9 Å². The molecule has 1 heterocycles. The van der Waals surface area contributed by atoms with Crippen molar-refractivity contribution < 1.29 is 30.8 Å². The molecule has 1 aromatic carbocycles. The van der Waals surface area contributed by atoms with E-state index in [9.17, 15) is 30.8 Å². The summed E-state index contributed by atoms with van der Waals surface area (Å²) in [4.78, 5) is 13.1. The lowest BCUT2D eigenvalue weighted by atomic mass is 10.3. The molecule has 13 heteroatoms. The smallest absolute Gasteiger partial charge is 0.345 e. The summed E-state index contributed by atoms with van der Waals surface area (Å²) in [6, 6.07) is 5.05. The van der Waals surface area contributed by atoms with E-state index in [1.54, 1.807) is 0 Å². The predicted octanol–water partition coefficient (Wildman–Crippen LogP) is 2.82. The van der Waals surface area contributed by atoms with E-state index in [1.165, 1.54) is 30.1 Å². The van der Waals surface area contributed by atoms with Crippen molar-refractivity contribution in [2.75, 3.05) is 12.4 Å². The van der Waals surface area contributed by atoms with Gasteiger partial charge in [-0.15, -0.1) is 9.84 Å². The lowest BCUT2D eigenvalue weighted by Crippen LogP contribution is -2.47. The third-order valence-corrected chi connectivity index (χ3v) is 5.33. The summed E-state index contributed by atoms with van der Waals surface area (Å²) in [5.74, 6) is -1.58. The van der Waals surface area contributed by atoms with E-state index in [0.717, 1.165) is 16.8 Å². The fourth-order valence-electron chi connectivity index (χ4n) is 1.98. The molecule has 0 radical (unpaired) electrons. The van der Waals surface area contributed by atoms with Gasteiger partial charge < -0.3 is 9.88 Å². The summed E-state index contributed by atoms with van der Waals surface area (Å²) in [6.45, 7) is 0. The molecule has 0 spiro atoms. The Hall–Kier alpha value is -1.96. The van der Waals surface area contributed by atoms with E-state index >= 15 is 0 Å². The summed E-state index contributed by atoms with van der Waals surface area (Å²) < 4.78 is 76.8. The Kier molecular flexibility index (Phi) is 5.99. The van der Waals surface area contributed by atoms with Gasteiger partial charge in [-0.1, -0.05) is 6.07 Å². The molecule has 27 heavy (non-hydrogen) atoms. The number of sulfonamides is 1. The van der Waals surface area contributed by atoms with Crippen molar-refractivity contribution in [2.45, 2.75) is 11.2 Å². The molecular weight excluding hydrogens is 460 g/mol. The van der Waals surface area contributed by atoms with Gasteiger partial charge in [0.15, 0.2) is 5.82 Å². The third kappa shape index (κ3) is 4.86. The number of carbonyl (C=O) groups excluding carboxylic acids is 1. The number of hydrogen-bond acceptors (Lipinski definition) is 4. The van der Waals surface area contributed by atoms with Crippen molar-refractivity contribution in [3.8, 4) is 0 Å². The monoisotopic (exact) mass is 472 g/mol. The van der Waals surface area contributed by atoms with Crippen molar-refractivity contribution in [3.05, 3.63) is 46.4 Å². The molecule has 0 aliphatic carbocycles. The second kappa shape index (κ2) is 7.58. The van der Waals surface area contributed by atoms with Crippen LogP contribution in [-0.4, -0.2) is 37.2 Å². The van der Waals surface area contributed by atoms with E-state index < -0.39 is 38.0 Å². The van der Waals surface area contributed by atoms with Gasteiger partial charge in [0, 0.05) is 20.3 Å². The summed E-state index contributed by atoms with van der Waals surface area (Å²) in [7, 11) is -2.78. The molecular formula is C14H13BrF4N4O3S. The molecule has 0 fully saturated rings. The number of aryl methyl sites for hydroxylation is 1. The maximum atomic E-state index is 13.9. The first-order chi connectivity index (χ1) is 12.3. The van der Waals surface area contributed by atoms with Gasteiger partial charge in [-0.25, -0.2) is 12.8 Å². The average Bonchev–Trinajstić information content (AvgIpc) is 2.93. The number of hydrogen-bond donors (Lipinski definition) is 2. The highest BCUT2D eigenvalue weighted by Gasteiger charge is 2.37. The first kappa shape index (κ1) is 21.3. The minimum absolute atomic E-state index is 0.106. The van der Waals surface area contributed by atoms with Crippen molar-refractivity contribution in [2.24, 2.45) is 7.05 Å². The number of rotatable bonds is 5. The highest BCUT2D eigenvalue weighted by atomic mass is 79.9. The predicted molar refractivity (Wildman–Crippen MR) is 91.6 cm³/mol. The van der Waals surface area contributed by atoms with Crippen LogP contribution in [0.5, 0.6) is 0 Å². The van der Waals surface area contributed by atoms with Crippen LogP contribution in [0.3, 0.4) is 0 Å². The fourth-order valence-corrected chi connectivity index (χ4v) is 3.48. The van der Waals surface area contributed by atoms with Crippen LogP contribution in [0, 0.1) is 5.82 Å². The van der Waals surface area contributed by atoms with Crippen LogP contribution >= 0.6 is 15.9 Å². The number of halogens is 5. The number of nitrogens with one attached hydrogen (secondary N) is 2. The molecule has 1 aromatic heterocycles. The Labute approximate surface area is 160 Å². The SMILES string of the molecule is CN(NS(=O)(=O)c1cc(C(=O)Nc2cccc(Br)c2F)n(C)c1)C(F)(F)F. The molecule has 2 aromatic rings. The van der Waals surface area contributed by atoms with Crippen LogP contribution in [0.2, 0.25) is 0 Å². The summed E-state index contributed by atoms with van der Waals surface area (Å²) >= 11 is 2.96. The zero-order chi connectivity index (χ0) is 20.6. The van der Waals surface area contributed by atoms with Gasteiger partial charge in [0.1, 0.15) is 10.6 Å². The fraction of sp³-hybridized carbons (Fsp3) is 0.214. The zero-order valence-electron chi connectivity index (χ0n) is 13.8. The minimum atomic E-state index is -4.93. The average molecular weight is 473 g/mol. The Morgan fingerprint density at radius 2 is 1.93 bits per heavy atom. The Morgan fingerprint density at radius 1 is 1.30 bits per heavy atom. The van der Waals surface area contributed by atoms with Gasteiger partial charge in [0.2, 0.25) is 0 Å². The molecule has 148 valence electrons. The Morgan fingerprint density at radius 3 is 2.52 bits per heavy atom. The number of carbonyl (C=O) groups is 1. The van der Waals surface area contributed by atoms with E-state index in [4.69, 9.17) is 0 Å². The Bertz CT molecular complexity index is 975. The van der Waals surface area contributed by atoms with Gasteiger partial charge in [-0.3, -0.25) is 4.79 Å². The molecule has 0 aliphatic rings. The van der Waals surface area contributed by atoms with Crippen LogP contribution in [0.15, 0.2) is 39.8 Å². The van der Waals surface area contributed by atoms with Crippen LogP contribution in [0.4, 0.5) is 23.2 Å². The van der Waals surface area contributed by atoms with Crippen molar-refractivity contribution in [3.63, 3.8) is 0 Å². The standard InChI is InChI=1S/C14H13BrF4N4O3S/c1-22-7-8(27(25,26)21-23(2)14(17,18)19)6-11(22)13(24)20-10-5-3-4-9(15)12(10)16/h3-7,21H,1-2H3,(H,20,24). The van der Waals surface area contributed by atoms with E-state index in [-0.39, 0.29) is 15.9 Å². The molecule has 0 bridgehead atoms. The number of aromatic nitrogens is 1. The van der Waals surface area contributed by atoms with Crippen molar-refractivity contribution in [1.29, 1.82) is 0 Å². The zero-order valence-corrected chi connectivity index (χ0v) is 16.2. The van der Waals surface area contributed by atoms with Gasteiger partial charge >= 0.3 is 6.30 Å². The lowest BCUT2D eigenvalue weighted by Gasteiger charge is -2.19. The van der Waals surface area contributed by atoms with Crippen LogP contribution < -0.4 is 10.1 Å². The largest absolute Gasteiger partial charge is 0.473 e. The first-order valence-electron chi connectivity index (χ1n) is 7.07. The molecule has 1 amide bonds. The van der Waals surface area contributed by atoms with Crippen molar-refractivity contribution >= 4 is 37.5 Å². The number of benzene rings is 1. The highest BCUT2D eigenvalue weighted by molar-refractivity contribution is 9.10. The lowest BCUT2D eigenvalue weighted by molar-refractivity contribution is -0.245. The minimum Gasteiger partial charge on any atom is -0.345 e. The van der Waals surface area contributed by atoms with Crippen LogP contribution in [0.25, 0.3) is 0 Å². The highest BCUT2D eigenvalue weighted by Crippen LogP contribution is 2.24. The molecule has 0 saturated carbocycles. The molecule has 7 nitrogen and oxygen atoms in total. The van der Waals surface area contributed by atoms with Crippen LogP contribution in [-0.2, 0) is 17.1 Å². The molecule has 0 atom stereocenters.